The van der Waals surface area contributed by atoms with E-state index in [4.69, 9.17) is 4.74 Å². The van der Waals surface area contributed by atoms with Gasteiger partial charge in [-0.25, -0.2) is 0 Å². The zero-order valence-corrected chi connectivity index (χ0v) is 19.8. The molecule has 38 heavy (non-hydrogen) atoms. The van der Waals surface area contributed by atoms with Crippen LogP contribution in [0, 0.1) is 10.1 Å². The molecule has 0 fully saturated rings. The van der Waals surface area contributed by atoms with E-state index in [0.717, 1.165) is 29.5 Å². The Hall–Kier alpha value is -4.42. The predicted molar refractivity (Wildman–Crippen MR) is 132 cm³/mol. The van der Waals surface area contributed by atoms with E-state index in [2.05, 4.69) is 15.3 Å². The van der Waals surface area contributed by atoms with Gasteiger partial charge in [0.25, 0.3) is 0 Å². The quantitative estimate of drug-likeness (QED) is 0.137. The predicted octanol–water partition coefficient (Wildman–Crippen LogP) is 4.50. The van der Waals surface area contributed by atoms with E-state index in [9.17, 15) is 32.8 Å². The maximum absolute atomic E-state index is 13.5. The summed E-state index contributed by atoms with van der Waals surface area (Å²) in [6.07, 6.45) is -2.41. The number of alkyl halides is 3. The first-order valence-corrected chi connectivity index (χ1v) is 11.5. The number of hydrogen-bond donors (Lipinski definition) is 1. The van der Waals surface area contributed by atoms with E-state index in [1.807, 2.05) is 12.1 Å². The van der Waals surface area contributed by atoms with Crippen molar-refractivity contribution in [2.45, 2.75) is 24.4 Å². The van der Waals surface area contributed by atoms with Crippen LogP contribution in [-0.4, -0.2) is 48.4 Å². The minimum absolute atomic E-state index is 0.0347. The van der Waals surface area contributed by atoms with E-state index >= 15 is 0 Å². The molecule has 0 radical (unpaired) electrons. The second kappa shape index (κ2) is 10.9. The fraction of sp³-hybridized carbons (Fsp3) is 0.240. The molecule has 1 aromatic heterocycles. The summed E-state index contributed by atoms with van der Waals surface area (Å²) in [5.41, 5.74) is 0.900. The summed E-state index contributed by atoms with van der Waals surface area (Å²) in [6.45, 7) is -1.51. The summed E-state index contributed by atoms with van der Waals surface area (Å²) in [5.74, 6) is -0.853. The van der Waals surface area contributed by atoms with Gasteiger partial charge >= 0.3 is 189 Å². The molecule has 1 amide bonds. The summed E-state index contributed by atoms with van der Waals surface area (Å²) in [4.78, 5) is 31.6. The Labute approximate surface area is 215 Å². The van der Waals surface area contributed by atoms with Crippen molar-refractivity contribution in [3.8, 4) is 17.0 Å². The van der Waals surface area contributed by atoms with Crippen molar-refractivity contribution in [3.05, 3.63) is 82.0 Å². The Morgan fingerprint density at radius 2 is 1.79 bits per heavy atom. The molecule has 0 aliphatic heterocycles. The normalized spacial score (nSPS) is 13.4. The van der Waals surface area contributed by atoms with Crippen molar-refractivity contribution in [2.75, 3.05) is 13.2 Å². The molecule has 194 valence electrons. The first kappa shape index (κ1) is 26.6. The SMILES string of the molecule is O=BC=Nc1cc([N+](=O)[O-])cnc1OCCCC1(C(=O)NCC(F)(F)F)c2ccccc2-c2ccccc21. The van der Waals surface area contributed by atoms with Gasteiger partial charge in [0.2, 0.25) is 0 Å². The number of fused-ring (bicyclic) bond motifs is 3. The molecule has 0 atom stereocenters. The van der Waals surface area contributed by atoms with E-state index in [-0.39, 0.29) is 36.7 Å². The van der Waals surface area contributed by atoms with Crippen LogP contribution < -0.4 is 10.1 Å². The molecule has 1 aliphatic rings. The summed E-state index contributed by atoms with van der Waals surface area (Å²) >= 11 is 0. The first-order chi connectivity index (χ1) is 18.2. The second-order valence-electron chi connectivity index (χ2n) is 8.44. The third-order valence-electron chi connectivity index (χ3n) is 6.14. The van der Waals surface area contributed by atoms with Crippen LogP contribution in [-0.2, 0) is 14.9 Å². The van der Waals surface area contributed by atoms with Gasteiger partial charge in [0.15, 0.2) is 0 Å². The van der Waals surface area contributed by atoms with Crippen LogP contribution >= 0.6 is 0 Å². The number of aromatic nitrogens is 1. The van der Waals surface area contributed by atoms with Crippen LogP contribution in [0.1, 0.15) is 24.0 Å². The van der Waals surface area contributed by atoms with Gasteiger partial charge in [-0.15, -0.1) is 0 Å². The number of nitrogens with zero attached hydrogens (tertiary/aromatic N) is 3. The summed E-state index contributed by atoms with van der Waals surface area (Å²) < 4.78 is 55.4. The number of pyridine rings is 1. The minimum atomic E-state index is -4.59. The van der Waals surface area contributed by atoms with Gasteiger partial charge in [0, 0.05) is 0 Å². The molecule has 2 aromatic carbocycles. The van der Waals surface area contributed by atoms with Gasteiger partial charge in [-0.05, 0) is 0 Å². The number of amides is 1. The van der Waals surface area contributed by atoms with E-state index < -0.39 is 29.0 Å². The van der Waals surface area contributed by atoms with Crippen LogP contribution in [0.15, 0.2) is 65.8 Å². The molecule has 0 spiro atoms. The Bertz CT molecular complexity index is 1370. The average molecular weight is 524 g/mol. The maximum atomic E-state index is 13.5. The van der Waals surface area contributed by atoms with Crippen LogP contribution in [0.2, 0.25) is 0 Å². The number of carbonyl (C=O) groups is 1. The van der Waals surface area contributed by atoms with Crippen molar-refractivity contribution in [1.29, 1.82) is 0 Å². The fourth-order valence-electron chi connectivity index (χ4n) is 4.63. The van der Waals surface area contributed by atoms with Gasteiger partial charge in [-0.3, -0.25) is 0 Å². The molecule has 1 aliphatic carbocycles. The van der Waals surface area contributed by atoms with Crippen molar-refractivity contribution in [3.63, 3.8) is 0 Å². The molecule has 9 nitrogen and oxygen atoms in total. The van der Waals surface area contributed by atoms with Crippen molar-refractivity contribution < 1.29 is 32.3 Å². The molecule has 1 N–H and O–H groups in total. The molecule has 13 heteroatoms. The molecule has 0 saturated carbocycles. The number of carbonyl (C=O) groups excluding carboxylic acids is 1. The Kier molecular flexibility index (Phi) is 7.65. The topological polar surface area (TPSA) is 124 Å². The number of benzene rings is 2. The summed E-state index contributed by atoms with van der Waals surface area (Å²) in [5, 5.41) is 13.1. The zero-order valence-electron chi connectivity index (χ0n) is 19.8. The zero-order chi connectivity index (χ0) is 27.3. The van der Waals surface area contributed by atoms with E-state index in [1.165, 1.54) is 0 Å². The molecule has 3 aromatic rings. The van der Waals surface area contributed by atoms with Crippen LogP contribution in [0.5, 0.6) is 5.88 Å². The van der Waals surface area contributed by atoms with Gasteiger partial charge in [-0.1, -0.05) is 12.1 Å². The standard InChI is InChI=1S/C25H20BF3N4O5/c27-25(28,29)14-31-23(34)24(19-8-3-1-6-17(19)18-7-2-4-9-20(18)24)10-5-11-38-22-21(32-15-26-35)12-16(13-30-22)33(36)37/h1-4,6-9,12-13,15H,5,10-11,14H2,(H,31,34). The molecule has 0 saturated heterocycles. The summed E-state index contributed by atoms with van der Waals surface area (Å²) in [7, 11) is 0.390. The average Bonchev–Trinajstić information content (AvgIpc) is 3.19. The number of aliphatic imine (C=N–C) groups is 1. The molecule has 1 heterocycles. The van der Waals surface area contributed by atoms with Crippen LogP contribution in [0.3, 0.4) is 0 Å². The van der Waals surface area contributed by atoms with Crippen molar-refractivity contribution in [1.82, 2.24) is 10.3 Å². The van der Waals surface area contributed by atoms with Crippen molar-refractivity contribution in [2.24, 2.45) is 4.99 Å². The number of nitro groups is 1. The van der Waals surface area contributed by atoms with Crippen molar-refractivity contribution >= 4 is 30.5 Å². The molecule has 0 unspecified atom stereocenters. The van der Waals surface area contributed by atoms with Gasteiger partial charge in [0.1, 0.15) is 0 Å². The number of rotatable bonds is 10. The monoisotopic (exact) mass is 524 g/mol. The van der Waals surface area contributed by atoms with Crippen LogP contribution in [0.4, 0.5) is 24.5 Å². The second-order valence-corrected chi connectivity index (χ2v) is 8.44. The molecular formula is C25H20BF3N4O5. The van der Waals surface area contributed by atoms with E-state index in [0.29, 0.717) is 18.3 Å². The Morgan fingerprint density at radius 1 is 1.16 bits per heavy atom. The Morgan fingerprint density at radius 3 is 2.37 bits per heavy atom. The molecular weight excluding hydrogens is 504 g/mol. The fourth-order valence-corrected chi connectivity index (χ4v) is 4.63. The van der Waals surface area contributed by atoms with Gasteiger partial charge in [0.05, 0.1) is 0 Å². The van der Waals surface area contributed by atoms with Crippen LogP contribution in [0.25, 0.3) is 11.1 Å². The number of halogens is 3. The number of ether oxygens (including phenoxy) is 1. The third kappa shape index (κ3) is 5.31. The van der Waals surface area contributed by atoms with E-state index in [1.54, 1.807) is 36.4 Å². The third-order valence-corrected chi connectivity index (χ3v) is 6.14. The Balaban J connectivity index is 1.62. The van der Waals surface area contributed by atoms with Gasteiger partial charge in [-0.2, -0.15) is 13.2 Å². The number of nitrogens with one attached hydrogen (secondary N) is 1. The molecule has 4 rings (SSSR count). The van der Waals surface area contributed by atoms with Gasteiger partial charge < -0.3 is 0 Å². The number of hydrogen-bond acceptors (Lipinski definition) is 7. The first-order valence-electron chi connectivity index (χ1n) is 11.5. The summed E-state index contributed by atoms with van der Waals surface area (Å²) in [6, 6.07) is 15.2. The molecule has 0 bridgehead atoms.